The molecule has 0 aliphatic carbocycles. The molecule has 0 aromatic heterocycles. The number of nitrogens with one attached hydrogen (secondary N) is 2. The first-order valence-electron chi connectivity index (χ1n) is 6.01. The minimum Gasteiger partial charge on any atom is -0.349 e. The van der Waals surface area contributed by atoms with E-state index in [4.69, 9.17) is 0 Å². The molecule has 1 aromatic carbocycles. The number of alkyl halides is 2. The van der Waals surface area contributed by atoms with E-state index >= 15 is 0 Å². The van der Waals surface area contributed by atoms with Crippen molar-refractivity contribution in [3.63, 3.8) is 0 Å². The highest BCUT2D eigenvalue weighted by atomic mass is 19.3. The summed E-state index contributed by atoms with van der Waals surface area (Å²) in [4.78, 5) is 11.4. The number of hydrogen-bond donors (Lipinski definition) is 2. The monoisotopic (exact) mass is 256 g/mol. The molecule has 0 atom stereocenters. The normalized spacial score (nSPS) is 11.3. The van der Waals surface area contributed by atoms with Crippen LogP contribution in [-0.4, -0.2) is 25.5 Å². The summed E-state index contributed by atoms with van der Waals surface area (Å²) in [6.45, 7) is 3.51. The molecule has 18 heavy (non-hydrogen) atoms. The molecule has 0 unspecified atom stereocenters. The Morgan fingerprint density at radius 2 is 1.83 bits per heavy atom. The molecule has 0 aliphatic heterocycles. The molecule has 0 spiro atoms. The van der Waals surface area contributed by atoms with Crippen LogP contribution in [0.3, 0.4) is 0 Å². The quantitative estimate of drug-likeness (QED) is 0.731. The van der Waals surface area contributed by atoms with Gasteiger partial charge in [0.05, 0.1) is 0 Å². The van der Waals surface area contributed by atoms with Crippen LogP contribution in [0.2, 0.25) is 0 Å². The zero-order chi connectivity index (χ0) is 13.4. The summed E-state index contributed by atoms with van der Waals surface area (Å²) in [5, 5.41) is 5.25. The summed E-state index contributed by atoms with van der Waals surface area (Å²) in [7, 11) is 0. The maximum absolute atomic E-state index is 13.7. The fraction of sp³-hybridized carbons (Fsp3) is 0.462. The summed E-state index contributed by atoms with van der Waals surface area (Å²) >= 11 is 0. The van der Waals surface area contributed by atoms with E-state index in [9.17, 15) is 13.6 Å². The lowest BCUT2D eigenvalue weighted by molar-refractivity contribution is -0.146. The predicted octanol–water partition coefficient (Wildman–Crippen LogP) is 1.89. The van der Waals surface area contributed by atoms with Crippen LogP contribution in [0.15, 0.2) is 30.3 Å². The molecule has 0 bridgehead atoms. The Morgan fingerprint density at radius 1 is 1.17 bits per heavy atom. The van der Waals surface area contributed by atoms with Crippen molar-refractivity contribution in [1.29, 1.82) is 0 Å². The van der Waals surface area contributed by atoms with Gasteiger partial charge in [0.2, 0.25) is 0 Å². The third-order valence-corrected chi connectivity index (χ3v) is 2.44. The van der Waals surface area contributed by atoms with Crippen molar-refractivity contribution >= 4 is 5.91 Å². The second-order valence-electron chi connectivity index (χ2n) is 3.95. The van der Waals surface area contributed by atoms with Crippen molar-refractivity contribution in [3.8, 4) is 0 Å². The first-order valence-corrected chi connectivity index (χ1v) is 6.01. The summed E-state index contributed by atoms with van der Waals surface area (Å²) in [6, 6.07) is 7.09. The molecule has 1 aromatic rings. The van der Waals surface area contributed by atoms with Crippen LogP contribution in [0.4, 0.5) is 8.78 Å². The molecule has 0 saturated carbocycles. The van der Waals surface area contributed by atoms with E-state index in [1.54, 1.807) is 6.07 Å². The molecule has 100 valence electrons. The number of benzene rings is 1. The van der Waals surface area contributed by atoms with E-state index in [1.807, 2.05) is 6.92 Å². The zero-order valence-corrected chi connectivity index (χ0v) is 10.4. The predicted molar refractivity (Wildman–Crippen MR) is 66.5 cm³/mol. The third kappa shape index (κ3) is 4.07. The Bertz CT molecular complexity index is 369. The van der Waals surface area contributed by atoms with E-state index in [0.717, 1.165) is 13.0 Å². The number of hydrogen-bond acceptors (Lipinski definition) is 2. The Balaban J connectivity index is 2.45. The molecule has 3 nitrogen and oxygen atoms in total. The van der Waals surface area contributed by atoms with Crippen molar-refractivity contribution in [2.24, 2.45) is 0 Å². The second-order valence-corrected chi connectivity index (χ2v) is 3.95. The molecule has 0 heterocycles. The van der Waals surface area contributed by atoms with Crippen LogP contribution in [0.25, 0.3) is 0 Å². The maximum atomic E-state index is 13.7. The number of halogens is 2. The van der Waals surface area contributed by atoms with Gasteiger partial charge in [0.25, 0.3) is 5.91 Å². The molecule has 0 fully saturated rings. The number of carbonyl (C=O) groups is 1. The molecule has 1 rings (SSSR count). The number of rotatable bonds is 7. The van der Waals surface area contributed by atoms with Gasteiger partial charge in [-0.3, -0.25) is 4.79 Å². The van der Waals surface area contributed by atoms with Crippen molar-refractivity contribution in [2.75, 3.05) is 19.6 Å². The molecule has 0 saturated heterocycles. The van der Waals surface area contributed by atoms with E-state index in [1.165, 1.54) is 24.3 Å². The summed E-state index contributed by atoms with van der Waals surface area (Å²) in [6.07, 6.45) is 0.966. The van der Waals surface area contributed by atoms with Gasteiger partial charge in [-0.2, -0.15) is 8.78 Å². The molecule has 0 aliphatic rings. The first kappa shape index (κ1) is 14.6. The summed E-state index contributed by atoms with van der Waals surface area (Å²) in [5.74, 6) is -4.74. The minimum absolute atomic E-state index is 0.196. The Labute approximate surface area is 106 Å². The number of amides is 1. The smallest absolute Gasteiger partial charge is 0.349 e. The third-order valence-electron chi connectivity index (χ3n) is 2.44. The second kappa shape index (κ2) is 7.06. The van der Waals surface area contributed by atoms with E-state index in [-0.39, 0.29) is 12.1 Å². The minimum atomic E-state index is -3.48. The fourth-order valence-electron chi connectivity index (χ4n) is 1.46. The van der Waals surface area contributed by atoms with Crippen molar-refractivity contribution in [2.45, 2.75) is 19.3 Å². The molecular formula is C13H18F2N2O. The van der Waals surface area contributed by atoms with Crippen molar-refractivity contribution in [1.82, 2.24) is 10.6 Å². The van der Waals surface area contributed by atoms with Crippen molar-refractivity contribution < 1.29 is 13.6 Å². The topological polar surface area (TPSA) is 41.1 Å². The van der Waals surface area contributed by atoms with Gasteiger partial charge >= 0.3 is 5.92 Å². The summed E-state index contributed by atoms with van der Waals surface area (Å²) < 4.78 is 27.4. The molecule has 5 heteroatoms. The largest absolute Gasteiger partial charge is 0.349 e. The molecule has 0 radical (unpaired) electrons. The van der Waals surface area contributed by atoms with Gasteiger partial charge in [-0.1, -0.05) is 37.3 Å². The van der Waals surface area contributed by atoms with Crippen LogP contribution < -0.4 is 10.6 Å². The fourth-order valence-corrected chi connectivity index (χ4v) is 1.46. The maximum Gasteiger partial charge on any atom is 0.349 e. The highest BCUT2D eigenvalue weighted by Gasteiger charge is 2.40. The van der Waals surface area contributed by atoms with Gasteiger partial charge in [-0.25, -0.2) is 0 Å². The number of carbonyl (C=O) groups excluding carboxylic acids is 1. The van der Waals surface area contributed by atoms with Gasteiger partial charge in [0, 0.05) is 18.7 Å². The first-order chi connectivity index (χ1) is 8.59. The van der Waals surface area contributed by atoms with E-state index in [2.05, 4.69) is 10.6 Å². The highest BCUT2D eigenvalue weighted by molar-refractivity contribution is 5.84. The van der Waals surface area contributed by atoms with Gasteiger partial charge in [-0.15, -0.1) is 0 Å². The summed E-state index contributed by atoms with van der Waals surface area (Å²) in [5.41, 5.74) is -0.288. The van der Waals surface area contributed by atoms with E-state index in [0.29, 0.717) is 6.54 Å². The molecule has 1 amide bonds. The zero-order valence-electron chi connectivity index (χ0n) is 10.4. The SMILES string of the molecule is CCCNCCNC(=O)C(F)(F)c1ccccc1. The highest BCUT2D eigenvalue weighted by Crippen LogP contribution is 2.27. The van der Waals surface area contributed by atoms with E-state index < -0.39 is 11.8 Å². The molecule has 2 N–H and O–H groups in total. The average Bonchev–Trinajstić information content (AvgIpc) is 2.39. The van der Waals surface area contributed by atoms with Crippen LogP contribution in [-0.2, 0) is 10.7 Å². The lowest BCUT2D eigenvalue weighted by Gasteiger charge is -2.16. The van der Waals surface area contributed by atoms with Crippen LogP contribution in [0.5, 0.6) is 0 Å². The Hall–Kier alpha value is -1.49. The lowest BCUT2D eigenvalue weighted by atomic mass is 10.1. The molecular weight excluding hydrogens is 238 g/mol. The lowest BCUT2D eigenvalue weighted by Crippen LogP contribution is -2.41. The van der Waals surface area contributed by atoms with Crippen LogP contribution in [0.1, 0.15) is 18.9 Å². The van der Waals surface area contributed by atoms with Gasteiger partial charge < -0.3 is 10.6 Å². The van der Waals surface area contributed by atoms with Gasteiger partial charge in [0.15, 0.2) is 0 Å². The average molecular weight is 256 g/mol. The standard InChI is InChI=1S/C13H18F2N2O/c1-2-8-16-9-10-17-12(18)13(14,15)11-6-4-3-5-7-11/h3-7,16H,2,8-10H2,1H3,(H,17,18). The van der Waals surface area contributed by atoms with Crippen LogP contribution >= 0.6 is 0 Å². The Kier molecular flexibility index (Phi) is 5.71. The van der Waals surface area contributed by atoms with Gasteiger partial charge in [0.1, 0.15) is 0 Å². The van der Waals surface area contributed by atoms with Crippen molar-refractivity contribution in [3.05, 3.63) is 35.9 Å². The Morgan fingerprint density at radius 3 is 2.44 bits per heavy atom. The van der Waals surface area contributed by atoms with Crippen LogP contribution in [0, 0.1) is 0 Å². The van der Waals surface area contributed by atoms with Gasteiger partial charge in [-0.05, 0) is 13.0 Å².